The number of hydrogen-bond donors (Lipinski definition) is 0. The fourth-order valence-electron chi connectivity index (χ4n) is 3.97. The minimum Gasteiger partial charge on any atom is -0.379 e. The van der Waals surface area contributed by atoms with Gasteiger partial charge >= 0.3 is 0 Å². The molecule has 0 aliphatic carbocycles. The van der Waals surface area contributed by atoms with E-state index in [1.807, 2.05) is 30.5 Å². The number of benzene rings is 1. The highest BCUT2D eigenvalue weighted by atomic mass is 16.5. The summed E-state index contributed by atoms with van der Waals surface area (Å²) in [5, 5.41) is 0. The number of fused-ring (bicyclic) bond motifs is 4. The fourth-order valence-corrected chi connectivity index (χ4v) is 3.97. The predicted molar refractivity (Wildman–Crippen MR) is 96.3 cm³/mol. The molecule has 2 atom stereocenters. The molecule has 2 aromatic rings. The van der Waals surface area contributed by atoms with Crippen LogP contribution in [0.4, 0.5) is 5.82 Å². The molecule has 0 amide bonds. The Morgan fingerprint density at radius 2 is 1.96 bits per heavy atom. The number of rotatable bonds is 3. The Labute approximate surface area is 143 Å². The number of hydrogen-bond acceptors (Lipinski definition) is 5. The molecule has 2 fully saturated rings. The zero-order valence-corrected chi connectivity index (χ0v) is 14.6. The first kappa shape index (κ1) is 15.8. The SMILES string of the molecule is CC(C)CN1C[C@@H]2COC[C@H](C1)N(c1cnc3ccccc3n1)C2. The molecule has 0 N–H and O–H groups in total. The van der Waals surface area contributed by atoms with Gasteiger partial charge < -0.3 is 14.5 Å². The summed E-state index contributed by atoms with van der Waals surface area (Å²) in [7, 11) is 0. The quantitative estimate of drug-likeness (QED) is 0.866. The Bertz CT molecular complexity index is 705. The summed E-state index contributed by atoms with van der Waals surface area (Å²) in [4.78, 5) is 14.5. The lowest BCUT2D eigenvalue weighted by Crippen LogP contribution is -2.45. The molecule has 0 radical (unpaired) electrons. The third kappa shape index (κ3) is 3.23. The summed E-state index contributed by atoms with van der Waals surface area (Å²) in [5.41, 5.74) is 1.92. The number of para-hydroxylation sites is 2. The number of ether oxygens (including phenoxy) is 1. The van der Waals surface area contributed by atoms with Crippen molar-refractivity contribution >= 4 is 16.9 Å². The first-order valence-corrected chi connectivity index (χ1v) is 8.97. The minimum atomic E-state index is 0.353. The van der Waals surface area contributed by atoms with Crippen molar-refractivity contribution in [2.75, 3.05) is 44.3 Å². The molecular weight excluding hydrogens is 300 g/mol. The topological polar surface area (TPSA) is 41.5 Å². The van der Waals surface area contributed by atoms with Crippen molar-refractivity contribution in [1.82, 2.24) is 14.9 Å². The lowest BCUT2D eigenvalue weighted by Gasteiger charge is -2.32. The van der Waals surface area contributed by atoms with Gasteiger partial charge in [-0.1, -0.05) is 26.0 Å². The van der Waals surface area contributed by atoms with Crippen LogP contribution >= 0.6 is 0 Å². The van der Waals surface area contributed by atoms with Crippen molar-refractivity contribution in [1.29, 1.82) is 0 Å². The van der Waals surface area contributed by atoms with Crippen LogP contribution < -0.4 is 4.90 Å². The van der Waals surface area contributed by atoms with Gasteiger partial charge in [0.05, 0.1) is 36.5 Å². The van der Waals surface area contributed by atoms with Gasteiger partial charge in [0.1, 0.15) is 5.82 Å². The smallest absolute Gasteiger partial charge is 0.148 e. The van der Waals surface area contributed by atoms with Crippen molar-refractivity contribution in [3.8, 4) is 0 Å². The van der Waals surface area contributed by atoms with Crippen molar-refractivity contribution in [3.05, 3.63) is 30.5 Å². The van der Waals surface area contributed by atoms with E-state index in [4.69, 9.17) is 9.72 Å². The lowest BCUT2D eigenvalue weighted by atomic mass is 10.1. The molecule has 0 saturated carbocycles. The molecule has 128 valence electrons. The van der Waals surface area contributed by atoms with Crippen LogP contribution in [0.5, 0.6) is 0 Å². The van der Waals surface area contributed by atoms with Crippen LogP contribution in [-0.2, 0) is 4.74 Å². The third-order valence-corrected chi connectivity index (χ3v) is 4.90. The molecule has 3 heterocycles. The Balaban J connectivity index is 1.63. The first-order chi connectivity index (χ1) is 11.7. The van der Waals surface area contributed by atoms with Gasteiger partial charge in [0, 0.05) is 32.1 Å². The maximum Gasteiger partial charge on any atom is 0.148 e. The van der Waals surface area contributed by atoms with E-state index in [1.165, 1.54) is 0 Å². The first-order valence-electron chi connectivity index (χ1n) is 8.97. The molecule has 24 heavy (non-hydrogen) atoms. The monoisotopic (exact) mass is 326 g/mol. The maximum absolute atomic E-state index is 5.94. The van der Waals surface area contributed by atoms with Crippen molar-refractivity contribution in [2.45, 2.75) is 19.9 Å². The minimum absolute atomic E-state index is 0.353. The highest BCUT2D eigenvalue weighted by molar-refractivity contribution is 5.75. The molecule has 1 aromatic carbocycles. The predicted octanol–water partition coefficient (Wildman–Crippen LogP) is 2.42. The molecule has 2 aliphatic heterocycles. The average Bonchev–Trinajstić information content (AvgIpc) is 2.84. The summed E-state index contributed by atoms with van der Waals surface area (Å²) >= 11 is 0. The molecule has 1 aromatic heterocycles. The van der Waals surface area contributed by atoms with Crippen molar-refractivity contribution in [3.63, 3.8) is 0 Å². The summed E-state index contributed by atoms with van der Waals surface area (Å²) in [6.07, 6.45) is 1.93. The number of aromatic nitrogens is 2. The van der Waals surface area contributed by atoms with E-state index in [0.29, 0.717) is 17.9 Å². The van der Waals surface area contributed by atoms with Gasteiger partial charge in [0.25, 0.3) is 0 Å². The van der Waals surface area contributed by atoms with Crippen LogP contribution in [0, 0.1) is 11.8 Å². The molecule has 2 aliphatic rings. The standard InChI is InChI=1S/C19H26N4O/c1-14(2)8-22-9-15-10-23(16(11-22)13-24-12-15)19-7-20-17-5-3-4-6-18(17)21-19/h3-7,14-16H,8-13H2,1-2H3/t15-,16-/m0/s1. The molecule has 0 spiro atoms. The van der Waals surface area contributed by atoms with Crippen molar-refractivity contribution in [2.24, 2.45) is 11.8 Å². The fraction of sp³-hybridized carbons (Fsp3) is 0.579. The van der Waals surface area contributed by atoms with Crippen LogP contribution in [0.1, 0.15) is 13.8 Å². The van der Waals surface area contributed by atoms with E-state index in [-0.39, 0.29) is 0 Å². The zero-order chi connectivity index (χ0) is 16.5. The Morgan fingerprint density at radius 3 is 2.79 bits per heavy atom. The van der Waals surface area contributed by atoms with E-state index < -0.39 is 0 Å². The molecule has 4 rings (SSSR count). The highest BCUT2D eigenvalue weighted by Gasteiger charge is 2.34. The molecule has 2 bridgehead atoms. The maximum atomic E-state index is 5.94. The van der Waals surface area contributed by atoms with Crippen LogP contribution in [0.15, 0.2) is 30.5 Å². The summed E-state index contributed by atoms with van der Waals surface area (Å²) in [6.45, 7) is 10.5. The van der Waals surface area contributed by atoms with Crippen LogP contribution in [0.3, 0.4) is 0 Å². The Hall–Kier alpha value is -1.72. The van der Waals surface area contributed by atoms with E-state index in [9.17, 15) is 0 Å². The van der Waals surface area contributed by atoms with Gasteiger partial charge in [-0.2, -0.15) is 0 Å². The van der Waals surface area contributed by atoms with E-state index >= 15 is 0 Å². The molecule has 2 saturated heterocycles. The number of nitrogens with zero attached hydrogens (tertiary/aromatic N) is 4. The molecule has 0 unspecified atom stereocenters. The highest BCUT2D eigenvalue weighted by Crippen LogP contribution is 2.25. The molecule has 5 nitrogen and oxygen atoms in total. The van der Waals surface area contributed by atoms with Gasteiger partial charge in [-0.3, -0.25) is 4.98 Å². The largest absolute Gasteiger partial charge is 0.379 e. The zero-order valence-electron chi connectivity index (χ0n) is 14.6. The second kappa shape index (κ2) is 6.65. The average molecular weight is 326 g/mol. The van der Waals surface area contributed by atoms with Crippen LogP contribution in [0.25, 0.3) is 11.0 Å². The van der Waals surface area contributed by atoms with Crippen LogP contribution in [0.2, 0.25) is 0 Å². The summed E-state index contributed by atoms with van der Waals surface area (Å²) in [5.74, 6) is 2.21. The third-order valence-electron chi connectivity index (χ3n) is 4.90. The Morgan fingerprint density at radius 1 is 1.12 bits per heavy atom. The molecular formula is C19H26N4O. The van der Waals surface area contributed by atoms with E-state index in [0.717, 1.165) is 56.2 Å². The normalized spacial score (nSPS) is 25.2. The van der Waals surface area contributed by atoms with Gasteiger partial charge in [-0.05, 0) is 18.1 Å². The second-order valence-electron chi connectivity index (χ2n) is 7.54. The number of anilines is 1. The van der Waals surface area contributed by atoms with Gasteiger partial charge in [-0.25, -0.2) is 4.98 Å². The van der Waals surface area contributed by atoms with E-state index in [2.05, 4.69) is 28.6 Å². The summed E-state index contributed by atoms with van der Waals surface area (Å²) < 4.78 is 5.94. The lowest BCUT2D eigenvalue weighted by molar-refractivity contribution is 0.0615. The second-order valence-corrected chi connectivity index (χ2v) is 7.54. The van der Waals surface area contributed by atoms with Gasteiger partial charge in [0.2, 0.25) is 0 Å². The Kier molecular flexibility index (Phi) is 4.37. The van der Waals surface area contributed by atoms with Gasteiger partial charge in [-0.15, -0.1) is 0 Å². The van der Waals surface area contributed by atoms with E-state index in [1.54, 1.807) is 0 Å². The summed E-state index contributed by atoms with van der Waals surface area (Å²) in [6, 6.07) is 8.44. The van der Waals surface area contributed by atoms with Crippen molar-refractivity contribution < 1.29 is 4.74 Å². The van der Waals surface area contributed by atoms with Gasteiger partial charge in [0.15, 0.2) is 0 Å². The molecule has 5 heteroatoms. The van der Waals surface area contributed by atoms with Crippen LogP contribution in [-0.4, -0.2) is 60.3 Å².